The van der Waals surface area contributed by atoms with E-state index in [2.05, 4.69) is 6.92 Å². The first kappa shape index (κ1) is 24.9. The third kappa shape index (κ3) is 10.3. The van der Waals surface area contributed by atoms with Gasteiger partial charge in [0.05, 0.1) is 33.0 Å². The van der Waals surface area contributed by atoms with Crippen LogP contribution in [0.2, 0.25) is 0 Å². The Hall–Kier alpha value is -2.11. The highest BCUT2D eigenvalue weighted by molar-refractivity contribution is 5.78. The zero-order valence-electron chi connectivity index (χ0n) is 18.2. The first-order valence-corrected chi connectivity index (χ1v) is 10.8. The highest BCUT2D eigenvalue weighted by Gasteiger charge is 2.29. The number of rotatable bonds is 14. The van der Waals surface area contributed by atoms with Gasteiger partial charge in [-0.25, -0.2) is 0 Å². The number of hydrogen-bond donors (Lipinski definition) is 0. The molecule has 1 aliphatic rings. The van der Waals surface area contributed by atoms with Crippen molar-refractivity contribution in [2.45, 2.75) is 84.5 Å². The van der Waals surface area contributed by atoms with Gasteiger partial charge in [0, 0.05) is 6.42 Å². The van der Waals surface area contributed by atoms with Crippen LogP contribution in [0.5, 0.6) is 0 Å². The standard InChI is InChI=1S/C23H36O6/c1-4-6-8-10-16-28-21(24)14-15-22(25)29-20-13-12-18(17-23(26)27-3)19(20)11-9-7-5-2/h6,8,18H,4-5,7,9-17H2,1-3H3. The smallest absolute Gasteiger partial charge is 0.311 e. The topological polar surface area (TPSA) is 78.9 Å². The lowest BCUT2D eigenvalue weighted by atomic mass is 9.93. The molecule has 29 heavy (non-hydrogen) atoms. The van der Waals surface area contributed by atoms with Crippen molar-refractivity contribution >= 4 is 17.9 Å². The quantitative estimate of drug-likeness (QED) is 0.174. The number of esters is 3. The van der Waals surface area contributed by atoms with E-state index < -0.39 is 5.97 Å². The van der Waals surface area contributed by atoms with Crippen molar-refractivity contribution in [3.63, 3.8) is 0 Å². The van der Waals surface area contributed by atoms with Gasteiger partial charge < -0.3 is 14.2 Å². The van der Waals surface area contributed by atoms with Crippen LogP contribution < -0.4 is 0 Å². The van der Waals surface area contributed by atoms with Gasteiger partial charge in [-0.3, -0.25) is 14.4 Å². The molecule has 6 heteroatoms. The van der Waals surface area contributed by atoms with Gasteiger partial charge in [0.1, 0.15) is 5.76 Å². The third-order valence-corrected chi connectivity index (χ3v) is 4.98. The summed E-state index contributed by atoms with van der Waals surface area (Å²) in [6, 6.07) is 0. The number of unbranched alkanes of at least 4 members (excludes halogenated alkanes) is 2. The minimum Gasteiger partial charge on any atom is -0.469 e. The minimum absolute atomic E-state index is 0.00294. The molecule has 0 saturated heterocycles. The van der Waals surface area contributed by atoms with Crippen molar-refractivity contribution < 1.29 is 28.6 Å². The molecule has 0 radical (unpaired) electrons. The maximum absolute atomic E-state index is 12.2. The monoisotopic (exact) mass is 408 g/mol. The second-order valence-electron chi connectivity index (χ2n) is 7.28. The molecule has 1 atom stereocenters. The summed E-state index contributed by atoms with van der Waals surface area (Å²) in [4.78, 5) is 35.6. The number of hydrogen-bond acceptors (Lipinski definition) is 6. The normalized spacial score (nSPS) is 16.3. The Morgan fingerprint density at radius 1 is 1.03 bits per heavy atom. The lowest BCUT2D eigenvalue weighted by molar-refractivity contribution is -0.148. The van der Waals surface area contributed by atoms with E-state index in [1.54, 1.807) is 0 Å². The van der Waals surface area contributed by atoms with E-state index in [0.29, 0.717) is 31.6 Å². The molecule has 0 amide bonds. The highest BCUT2D eigenvalue weighted by atomic mass is 16.5. The van der Waals surface area contributed by atoms with Crippen LogP contribution in [0.4, 0.5) is 0 Å². The molecular weight excluding hydrogens is 372 g/mol. The molecule has 0 saturated carbocycles. The van der Waals surface area contributed by atoms with Gasteiger partial charge in [-0.2, -0.15) is 0 Å². The molecule has 0 fully saturated rings. The molecule has 0 spiro atoms. The molecule has 0 heterocycles. The van der Waals surface area contributed by atoms with Gasteiger partial charge in [-0.05, 0) is 43.6 Å². The zero-order chi connectivity index (χ0) is 21.5. The van der Waals surface area contributed by atoms with Gasteiger partial charge in [0.25, 0.3) is 0 Å². The number of methoxy groups -OCH3 is 1. The molecule has 164 valence electrons. The fourth-order valence-corrected chi connectivity index (χ4v) is 3.39. The summed E-state index contributed by atoms with van der Waals surface area (Å²) < 4.78 is 15.5. The van der Waals surface area contributed by atoms with Crippen molar-refractivity contribution in [2.75, 3.05) is 13.7 Å². The predicted molar refractivity (Wildman–Crippen MR) is 111 cm³/mol. The van der Waals surface area contributed by atoms with Crippen LogP contribution >= 0.6 is 0 Å². The van der Waals surface area contributed by atoms with Gasteiger partial charge in [0.2, 0.25) is 0 Å². The summed E-state index contributed by atoms with van der Waals surface area (Å²) in [7, 11) is 1.39. The lowest BCUT2D eigenvalue weighted by Crippen LogP contribution is -2.12. The first-order valence-electron chi connectivity index (χ1n) is 10.8. The summed E-state index contributed by atoms with van der Waals surface area (Å²) >= 11 is 0. The Bertz CT molecular complexity index is 590. The van der Waals surface area contributed by atoms with Crippen molar-refractivity contribution in [3.8, 4) is 0 Å². The van der Waals surface area contributed by atoms with E-state index in [4.69, 9.17) is 14.2 Å². The summed E-state index contributed by atoms with van der Waals surface area (Å²) in [6.07, 6.45) is 11.4. The van der Waals surface area contributed by atoms with Crippen LogP contribution in [-0.4, -0.2) is 31.6 Å². The molecule has 0 bridgehead atoms. The van der Waals surface area contributed by atoms with Crippen LogP contribution in [0.15, 0.2) is 23.5 Å². The fraction of sp³-hybridized carbons (Fsp3) is 0.696. The molecule has 6 nitrogen and oxygen atoms in total. The van der Waals surface area contributed by atoms with Gasteiger partial charge in [-0.15, -0.1) is 0 Å². The van der Waals surface area contributed by atoms with Crippen LogP contribution in [0, 0.1) is 5.92 Å². The Morgan fingerprint density at radius 2 is 1.79 bits per heavy atom. The molecule has 0 aliphatic heterocycles. The Morgan fingerprint density at radius 3 is 2.48 bits per heavy atom. The molecular formula is C23H36O6. The number of ether oxygens (including phenoxy) is 3. The Labute approximate surface area is 174 Å². The second kappa shape index (κ2) is 14.8. The maximum atomic E-state index is 12.2. The summed E-state index contributed by atoms with van der Waals surface area (Å²) in [5.74, 6) is -0.304. The molecule has 0 aromatic carbocycles. The number of carbonyl (C=O) groups is 3. The second-order valence-corrected chi connectivity index (χ2v) is 7.28. The SMILES string of the molecule is CCC=CCCOC(=O)CCC(=O)OC1=C(CCCCC)C(CC(=O)OC)CC1. The van der Waals surface area contributed by atoms with E-state index in [-0.39, 0.29) is 30.7 Å². The van der Waals surface area contributed by atoms with Crippen molar-refractivity contribution in [1.82, 2.24) is 0 Å². The highest BCUT2D eigenvalue weighted by Crippen LogP contribution is 2.38. The predicted octanol–water partition coefficient (Wildman–Crippen LogP) is 5.02. The van der Waals surface area contributed by atoms with Crippen LogP contribution in [-0.2, 0) is 28.6 Å². The molecule has 1 rings (SSSR count). The molecule has 0 aromatic heterocycles. The number of allylic oxidation sites excluding steroid dienone is 3. The van der Waals surface area contributed by atoms with E-state index in [9.17, 15) is 14.4 Å². The lowest BCUT2D eigenvalue weighted by Gasteiger charge is -2.14. The average Bonchev–Trinajstić information content (AvgIpc) is 3.07. The Balaban J connectivity index is 2.52. The van der Waals surface area contributed by atoms with E-state index in [0.717, 1.165) is 44.1 Å². The number of carbonyl (C=O) groups excluding carboxylic acids is 3. The molecule has 1 aliphatic carbocycles. The van der Waals surface area contributed by atoms with Crippen LogP contribution in [0.1, 0.15) is 84.5 Å². The van der Waals surface area contributed by atoms with E-state index in [1.165, 1.54) is 7.11 Å². The van der Waals surface area contributed by atoms with Crippen molar-refractivity contribution in [1.29, 1.82) is 0 Å². The van der Waals surface area contributed by atoms with Crippen molar-refractivity contribution in [2.24, 2.45) is 5.92 Å². The van der Waals surface area contributed by atoms with E-state index in [1.807, 2.05) is 19.1 Å². The van der Waals surface area contributed by atoms with Gasteiger partial charge >= 0.3 is 17.9 Å². The average molecular weight is 409 g/mol. The summed E-state index contributed by atoms with van der Waals surface area (Å²) in [5, 5.41) is 0. The van der Waals surface area contributed by atoms with Crippen LogP contribution in [0.3, 0.4) is 0 Å². The van der Waals surface area contributed by atoms with Crippen LogP contribution in [0.25, 0.3) is 0 Å². The largest absolute Gasteiger partial charge is 0.469 e. The molecule has 0 aromatic rings. The maximum Gasteiger partial charge on any atom is 0.311 e. The minimum atomic E-state index is -0.422. The first-order chi connectivity index (χ1) is 14.0. The zero-order valence-corrected chi connectivity index (χ0v) is 18.2. The van der Waals surface area contributed by atoms with E-state index >= 15 is 0 Å². The fourth-order valence-electron chi connectivity index (χ4n) is 3.39. The third-order valence-electron chi connectivity index (χ3n) is 4.98. The molecule has 1 unspecified atom stereocenters. The van der Waals surface area contributed by atoms with Crippen molar-refractivity contribution in [3.05, 3.63) is 23.5 Å². The Kier molecular flexibility index (Phi) is 12.7. The molecule has 0 N–H and O–H groups in total. The summed E-state index contributed by atoms with van der Waals surface area (Å²) in [6.45, 7) is 4.50. The van der Waals surface area contributed by atoms with Gasteiger partial charge in [0.15, 0.2) is 0 Å². The summed E-state index contributed by atoms with van der Waals surface area (Å²) in [5.41, 5.74) is 1.06. The van der Waals surface area contributed by atoms with Gasteiger partial charge in [-0.1, -0.05) is 38.8 Å².